The van der Waals surface area contributed by atoms with Crippen LogP contribution in [0, 0.1) is 0 Å². The molecule has 0 spiro atoms. The van der Waals surface area contributed by atoms with Crippen molar-refractivity contribution in [2.75, 3.05) is 19.6 Å². The number of phosphoric ester groups is 1. The van der Waals surface area contributed by atoms with Gasteiger partial charge in [-0.05, 0) is 44.6 Å². The van der Waals surface area contributed by atoms with Gasteiger partial charge in [0.15, 0.2) is 5.75 Å². The van der Waals surface area contributed by atoms with Gasteiger partial charge in [0.2, 0.25) is 5.91 Å². The van der Waals surface area contributed by atoms with E-state index in [1.807, 2.05) is 0 Å². The highest BCUT2D eigenvalue weighted by Crippen LogP contribution is 2.63. The summed E-state index contributed by atoms with van der Waals surface area (Å²) in [5, 5.41) is 0.696. The van der Waals surface area contributed by atoms with Gasteiger partial charge in [-0.1, -0.05) is 6.92 Å². The van der Waals surface area contributed by atoms with Crippen LogP contribution in [0.1, 0.15) is 41.7 Å². The van der Waals surface area contributed by atoms with Gasteiger partial charge in [0.25, 0.3) is 0 Å². The molecular weight excluding hydrogens is 345 g/mol. The summed E-state index contributed by atoms with van der Waals surface area (Å²) in [5.74, 6) is 0.565. The molecule has 3 bridgehead atoms. The first-order chi connectivity index (χ1) is 12.0. The smallest absolute Gasteiger partial charge is 0.384 e. The van der Waals surface area contributed by atoms with Crippen LogP contribution in [0.15, 0.2) is 12.1 Å². The minimum atomic E-state index is -3.75. The molecule has 1 aromatic carbocycles. The zero-order chi connectivity index (χ0) is 17.3. The maximum atomic E-state index is 12.7. The van der Waals surface area contributed by atoms with Crippen molar-refractivity contribution in [3.05, 3.63) is 23.4 Å². The molecule has 0 aliphatic carbocycles. The molecule has 1 aromatic heterocycles. The Hall–Kier alpha value is -2.18. The third-order valence-corrected chi connectivity index (χ3v) is 6.47. The number of hydrogen-bond donors (Lipinski definition) is 1. The highest BCUT2D eigenvalue weighted by Gasteiger charge is 2.49. The quantitative estimate of drug-likeness (QED) is 0.841. The first-order valence-electron chi connectivity index (χ1n) is 8.43. The van der Waals surface area contributed by atoms with E-state index in [9.17, 15) is 9.36 Å². The number of phosphoric acid groups is 1. The van der Waals surface area contributed by atoms with Crippen molar-refractivity contribution < 1.29 is 23.0 Å². The Kier molecular flexibility index (Phi) is 2.98. The summed E-state index contributed by atoms with van der Waals surface area (Å²) in [4.78, 5) is 14.0. The van der Waals surface area contributed by atoms with Crippen LogP contribution < -0.4 is 19.4 Å². The van der Waals surface area contributed by atoms with Crippen molar-refractivity contribution in [3.8, 4) is 11.5 Å². The molecule has 3 aliphatic heterocycles. The molecule has 3 aliphatic rings. The molecule has 1 amide bonds. The lowest BCUT2D eigenvalue weighted by Gasteiger charge is -2.34. The number of likely N-dealkylation sites (tertiary alicyclic amines) is 1. The first-order valence-corrected chi connectivity index (χ1v) is 9.89. The lowest BCUT2D eigenvalue weighted by atomic mass is 9.93. The van der Waals surface area contributed by atoms with Crippen molar-refractivity contribution in [2.45, 2.75) is 25.7 Å². The number of amides is 1. The average molecular weight is 363 g/mol. The third kappa shape index (κ3) is 2.04. The van der Waals surface area contributed by atoms with Crippen LogP contribution in [0.3, 0.4) is 0 Å². The predicted molar refractivity (Wildman–Crippen MR) is 90.0 cm³/mol. The number of benzene rings is 1. The third-order valence-electron chi connectivity index (χ3n) is 5.28. The molecule has 132 valence electrons. The molecule has 1 fully saturated rings. The van der Waals surface area contributed by atoms with E-state index < -0.39 is 13.7 Å². The molecule has 1 saturated heterocycles. The van der Waals surface area contributed by atoms with Crippen molar-refractivity contribution in [1.82, 2.24) is 9.63 Å². The van der Waals surface area contributed by atoms with Gasteiger partial charge < -0.3 is 19.7 Å². The number of hydrogen-bond acceptors (Lipinski definition) is 6. The molecule has 9 heteroatoms. The highest BCUT2D eigenvalue weighted by atomic mass is 31.2. The van der Waals surface area contributed by atoms with E-state index >= 15 is 0 Å². The number of nitrogens with two attached hydrogens (primary N) is 1. The molecule has 2 aromatic rings. The Labute approximate surface area is 144 Å². The van der Waals surface area contributed by atoms with E-state index in [-0.39, 0.29) is 5.92 Å². The second kappa shape index (κ2) is 4.93. The van der Waals surface area contributed by atoms with Crippen LogP contribution in [0.25, 0.3) is 10.9 Å². The number of nitrogens with zero attached hydrogens (tertiary/aromatic N) is 2. The number of aromatic nitrogens is 1. The van der Waals surface area contributed by atoms with Gasteiger partial charge in [-0.15, -0.1) is 0 Å². The molecule has 25 heavy (non-hydrogen) atoms. The lowest BCUT2D eigenvalue weighted by Crippen LogP contribution is -2.34. The van der Waals surface area contributed by atoms with Gasteiger partial charge in [-0.25, -0.2) is 0 Å². The topological polar surface area (TPSA) is 96.0 Å². The van der Waals surface area contributed by atoms with Gasteiger partial charge in [0.1, 0.15) is 11.4 Å². The summed E-state index contributed by atoms with van der Waals surface area (Å²) >= 11 is 0. The molecule has 0 radical (unpaired) electrons. The number of carbonyl (C=O) groups is 1. The molecule has 5 rings (SSSR count). The van der Waals surface area contributed by atoms with Gasteiger partial charge in [-0.3, -0.25) is 9.42 Å². The number of fused-ring (bicyclic) bond motifs is 3. The summed E-state index contributed by atoms with van der Waals surface area (Å²) in [6, 6.07) is 3.15. The van der Waals surface area contributed by atoms with E-state index in [4.69, 9.17) is 19.4 Å². The molecule has 1 unspecified atom stereocenters. The normalized spacial score (nSPS) is 25.0. The Morgan fingerprint density at radius 3 is 2.76 bits per heavy atom. The van der Waals surface area contributed by atoms with Crippen LogP contribution in [0.2, 0.25) is 0 Å². The Morgan fingerprint density at radius 2 is 2.08 bits per heavy atom. The fourth-order valence-electron chi connectivity index (χ4n) is 3.99. The first kappa shape index (κ1) is 15.1. The van der Waals surface area contributed by atoms with Crippen molar-refractivity contribution in [1.29, 1.82) is 0 Å². The van der Waals surface area contributed by atoms with Crippen molar-refractivity contribution in [3.63, 3.8) is 0 Å². The van der Waals surface area contributed by atoms with Crippen molar-refractivity contribution >= 4 is 24.6 Å². The fourth-order valence-corrected chi connectivity index (χ4v) is 5.27. The average Bonchev–Trinajstić information content (AvgIpc) is 2.77. The van der Waals surface area contributed by atoms with Crippen LogP contribution in [-0.2, 0) is 4.57 Å². The second-order valence-electron chi connectivity index (χ2n) is 6.66. The summed E-state index contributed by atoms with van der Waals surface area (Å²) < 4.78 is 30.8. The maximum Gasteiger partial charge on any atom is 0.666 e. The van der Waals surface area contributed by atoms with Crippen LogP contribution in [0.5, 0.6) is 11.5 Å². The van der Waals surface area contributed by atoms with Gasteiger partial charge in [0.05, 0.1) is 10.9 Å². The summed E-state index contributed by atoms with van der Waals surface area (Å²) in [6.07, 6.45) is 1.93. The molecule has 0 saturated carbocycles. The SMILES string of the molecule is CCN1CCC(c2c3c4c5cc(C(N)=O)cc4n2OP(=O)(O5)O3)CC1. The number of carbonyl (C=O) groups excluding carboxylic acids is 1. The Morgan fingerprint density at radius 1 is 1.32 bits per heavy atom. The van der Waals surface area contributed by atoms with Crippen LogP contribution in [0.4, 0.5) is 0 Å². The van der Waals surface area contributed by atoms with E-state index in [1.165, 1.54) is 6.07 Å². The lowest BCUT2D eigenvalue weighted by molar-refractivity contribution is 0.1000. The standard InChI is InChI=1S/C16H18N3O5P/c1-2-18-5-3-9(4-6-18)14-15-13-11-7-10(16(17)20)8-12(13)22-25(21,23-15)24-19(11)14/h7-9H,2-6H2,1H3,(H2,17,20). The minimum absolute atomic E-state index is 0.238. The van der Waals surface area contributed by atoms with Gasteiger partial charge in [-0.2, -0.15) is 9.30 Å². The summed E-state index contributed by atoms with van der Waals surface area (Å²) in [7, 11) is -3.75. The molecule has 8 nitrogen and oxygen atoms in total. The molecule has 4 heterocycles. The van der Waals surface area contributed by atoms with Crippen LogP contribution >= 0.6 is 7.82 Å². The summed E-state index contributed by atoms with van der Waals surface area (Å²) in [6.45, 7) is 5.18. The minimum Gasteiger partial charge on any atom is -0.384 e. The Balaban J connectivity index is 1.69. The van der Waals surface area contributed by atoms with E-state index in [2.05, 4.69) is 11.8 Å². The van der Waals surface area contributed by atoms with E-state index in [1.54, 1.807) is 10.8 Å². The number of primary amides is 1. The maximum absolute atomic E-state index is 12.7. The van der Waals surface area contributed by atoms with E-state index in [0.717, 1.165) is 38.2 Å². The predicted octanol–water partition coefficient (Wildman–Crippen LogP) is 2.26. The van der Waals surface area contributed by atoms with Gasteiger partial charge in [0, 0.05) is 11.5 Å². The number of piperidine rings is 1. The van der Waals surface area contributed by atoms with E-state index in [0.29, 0.717) is 28.0 Å². The van der Waals surface area contributed by atoms with Crippen LogP contribution in [-0.4, -0.2) is 35.2 Å². The largest absolute Gasteiger partial charge is 0.666 e. The monoisotopic (exact) mass is 363 g/mol. The Bertz CT molecular complexity index is 961. The zero-order valence-electron chi connectivity index (χ0n) is 13.7. The van der Waals surface area contributed by atoms with Crippen molar-refractivity contribution in [2.24, 2.45) is 5.73 Å². The fraction of sp³-hybridized carbons (Fsp3) is 0.438. The molecular formula is C16H18N3O5P. The number of rotatable bonds is 3. The molecule has 2 N–H and O–H groups in total. The second-order valence-corrected chi connectivity index (χ2v) is 8.08. The zero-order valence-corrected chi connectivity index (χ0v) is 14.6. The highest BCUT2D eigenvalue weighted by molar-refractivity contribution is 7.49. The summed E-state index contributed by atoms with van der Waals surface area (Å²) in [5.41, 5.74) is 7.20. The molecule has 1 atom stereocenters. The van der Waals surface area contributed by atoms with Gasteiger partial charge >= 0.3 is 7.82 Å².